The van der Waals surface area contributed by atoms with E-state index in [4.69, 9.17) is 0 Å². The highest BCUT2D eigenvalue weighted by molar-refractivity contribution is 5.81. The van der Waals surface area contributed by atoms with Crippen LogP contribution in [-0.4, -0.2) is 24.9 Å². The van der Waals surface area contributed by atoms with Crippen LogP contribution < -0.4 is 0 Å². The molecule has 0 amide bonds. The molecule has 4 rings (SSSR count). The maximum Gasteiger partial charge on any atom is 0.107 e. The molecule has 3 aromatic heterocycles. The zero-order chi connectivity index (χ0) is 14.8. The van der Waals surface area contributed by atoms with Crippen molar-refractivity contribution in [2.45, 2.75) is 12.8 Å². The number of aromatic nitrogens is 5. The van der Waals surface area contributed by atoms with E-state index in [2.05, 4.69) is 43.1 Å². The summed E-state index contributed by atoms with van der Waals surface area (Å²) in [5.41, 5.74) is 4.29. The molecule has 0 atom stereocenters. The van der Waals surface area contributed by atoms with E-state index >= 15 is 0 Å². The van der Waals surface area contributed by atoms with Crippen molar-refractivity contribution in [3.05, 3.63) is 66.8 Å². The number of aryl methyl sites for hydroxylation is 2. The minimum absolute atomic E-state index is 0.838. The molecular weight excluding hydrogens is 274 g/mol. The van der Waals surface area contributed by atoms with E-state index < -0.39 is 0 Å². The number of imidazole rings is 2. The van der Waals surface area contributed by atoms with Crippen LogP contribution in [-0.2, 0) is 12.8 Å². The fraction of sp³-hybridized carbons (Fsp3) is 0.118. The van der Waals surface area contributed by atoms with Gasteiger partial charge in [0, 0.05) is 43.2 Å². The average Bonchev–Trinajstić information content (AvgIpc) is 3.22. The molecule has 0 unspecified atom stereocenters. The Balaban J connectivity index is 1.61. The van der Waals surface area contributed by atoms with Gasteiger partial charge in [-0.2, -0.15) is 0 Å². The van der Waals surface area contributed by atoms with Gasteiger partial charge in [0.2, 0.25) is 0 Å². The molecule has 0 saturated heterocycles. The molecule has 5 heteroatoms. The van der Waals surface area contributed by atoms with Crippen molar-refractivity contribution >= 4 is 11.0 Å². The molecule has 3 heterocycles. The minimum atomic E-state index is 0.838. The van der Waals surface area contributed by atoms with Gasteiger partial charge in [-0.3, -0.25) is 4.98 Å². The molecule has 0 aliphatic rings. The Labute approximate surface area is 127 Å². The monoisotopic (exact) mass is 289 g/mol. The third-order valence-electron chi connectivity index (χ3n) is 3.68. The Morgan fingerprint density at radius 1 is 0.955 bits per heavy atom. The number of nitrogens with zero attached hydrogens (tertiary/aromatic N) is 3. The molecule has 108 valence electrons. The number of hydrogen-bond donors (Lipinski definition) is 2. The zero-order valence-electron chi connectivity index (χ0n) is 12.0. The van der Waals surface area contributed by atoms with Gasteiger partial charge in [0.15, 0.2) is 0 Å². The van der Waals surface area contributed by atoms with Crippen LogP contribution in [0.2, 0.25) is 0 Å². The number of H-pyrrole nitrogens is 2. The number of benzene rings is 1. The van der Waals surface area contributed by atoms with E-state index in [-0.39, 0.29) is 0 Å². The second-order valence-corrected chi connectivity index (χ2v) is 5.19. The molecule has 1 aromatic carbocycles. The summed E-state index contributed by atoms with van der Waals surface area (Å²) in [4.78, 5) is 19.5. The van der Waals surface area contributed by atoms with Crippen LogP contribution in [0.3, 0.4) is 0 Å². The number of rotatable bonds is 4. The number of nitrogens with one attached hydrogen (secondary N) is 2. The van der Waals surface area contributed by atoms with Crippen LogP contribution >= 0.6 is 0 Å². The van der Waals surface area contributed by atoms with Crippen molar-refractivity contribution in [2.24, 2.45) is 0 Å². The summed E-state index contributed by atoms with van der Waals surface area (Å²) in [6.07, 6.45) is 8.95. The van der Waals surface area contributed by atoms with Gasteiger partial charge in [-0.15, -0.1) is 0 Å². The summed E-state index contributed by atoms with van der Waals surface area (Å²) in [5, 5.41) is 0. The first-order chi connectivity index (χ1) is 10.9. The van der Waals surface area contributed by atoms with Crippen LogP contribution in [0.1, 0.15) is 11.6 Å². The van der Waals surface area contributed by atoms with Crippen LogP contribution in [0.25, 0.3) is 22.2 Å². The van der Waals surface area contributed by atoms with E-state index in [9.17, 15) is 0 Å². The Hall–Kier alpha value is -2.95. The molecule has 0 aliphatic carbocycles. The van der Waals surface area contributed by atoms with Crippen LogP contribution in [0.15, 0.2) is 55.1 Å². The smallest absolute Gasteiger partial charge is 0.107 e. The van der Waals surface area contributed by atoms with Gasteiger partial charge in [-0.1, -0.05) is 12.1 Å². The molecule has 0 aliphatic heterocycles. The van der Waals surface area contributed by atoms with E-state index in [0.717, 1.165) is 46.7 Å². The third kappa shape index (κ3) is 2.48. The quantitative estimate of drug-likeness (QED) is 0.606. The van der Waals surface area contributed by atoms with Crippen LogP contribution in [0, 0.1) is 0 Å². The lowest BCUT2D eigenvalue weighted by Crippen LogP contribution is -1.94. The van der Waals surface area contributed by atoms with Gasteiger partial charge < -0.3 is 9.97 Å². The number of fused-ring (bicyclic) bond motifs is 1. The van der Waals surface area contributed by atoms with Crippen molar-refractivity contribution in [1.29, 1.82) is 0 Å². The number of pyridine rings is 1. The minimum Gasteiger partial charge on any atom is -0.349 e. The molecule has 4 aromatic rings. The molecule has 0 spiro atoms. The van der Waals surface area contributed by atoms with E-state index in [1.165, 1.54) is 0 Å². The topological polar surface area (TPSA) is 70.2 Å². The van der Waals surface area contributed by atoms with Gasteiger partial charge >= 0.3 is 0 Å². The zero-order valence-corrected chi connectivity index (χ0v) is 12.0. The molecule has 0 bridgehead atoms. The van der Waals surface area contributed by atoms with Gasteiger partial charge in [-0.05, 0) is 23.8 Å². The first kappa shape index (κ1) is 12.8. The first-order valence-corrected chi connectivity index (χ1v) is 7.26. The maximum absolute atomic E-state index is 4.63. The lowest BCUT2D eigenvalue weighted by atomic mass is 10.1. The average molecular weight is 289 g/mol. The second-order valence-electron chi connectivity index (χ2n) is 5.19. The molecule has 22 heavy (non-hydrogen) atoms. The predicted molar refractivity (Wildman–Crippen MR) is 85.3 cm³/mol. The van der Waals surface area contributed by atoms with Crippen LogP contribution in [0.5, 0.6) is 0 Å². The highest BCUT2D eigenvalue weighted by Gasteiger charge is 2.06. The predicted octanol–water partition coefficient (Wildman–Crippen LogP) is 3.13. The third-order valence-corrected chi connectivity index (χ3v) is 3.68. The fourth-order valence-electron chi connectivity index (χ4n) is 2.57. The largest absolute Gasteiger partial charge is 0.349 e. The van der Waals surface area contributed by atoms with Crippen LogP contribution in [0.4, 0.5) is 0 Å². The standard InChI is InChI=1S/C17H15N5/c1-2-13(11-18-7-1)12-3-4-14-15(10-12)22-17(21-14)6-5-16-19-8-9-20-16/h1-4,7-11H,5-6H2,(H,19,20)(H,21,22). The fourth-order valence-corrected chi connectivity index (χ4v) is 2.57. The SMILES string of the molecule is c1cncc(-c2ccc3nc(CCc4ncc[nH]4)[nH]c3c2)c1. The summed E-state index contributed by atoms with van der Waals surface area (Å²) >= 11 is 0. The van der Waals surface area contributed by atoms with Gasteiger partial charge in [0.05, 0.1) is 11.0 Å². The maximum atomic E-state index is 4.63. The number of hydrogen-bond acceptors (Lipinski definition) is 3. The molecule has 0 saturated carbocycles. The van der Waals surface area contributed by atoms with E-state index in [0.29, 0.717) is 0 Å². The Kier molecular flexibility index (Phi) is 3.16. The van der Waals surface area contributed by atoms with Crippen molar-refractivity contribution in [3.8, 4) is 11.1 Å². The lowest BCUT2D eigenvalue weighted by Gasteiger charge is -1.99. The van der Waals surface area contributed by atoms with E-state index in [1.807, 2.05) is 24.5 Å². The lowest BCUT2D eigenvalue weighted by molar-refractivity contribution is 0.840. The first-order valence-electron chi connectivity index (χ1n) is 7.26. The Bertz CT molecular complexity index is 878. The van der Waals surface area contributed by atoms with Gasteiger partial charge in [0.25, 0.3) is 0 Å². The summed E-state index contributed by atoms with van der Waals surface area (Å²) < 4.78 is 0. The highest BCUT2D eigenvalue weighted by Crippen LogP contribution is 2.22. The van der Waals surface area contributed by atoms with E-state index in [1.54, 1.807) is 12.4 Å². The number of aromatic amines is 2. The molecule has 0 fully saturated rings. The van der Waals surface area contributed by atoms with Crippen molar-refractivity contribution in [2.75, 3.05) is 0 Å². The highest BCUT2D eigenvalue weighted by atomic mass is 14.9. The summed E-state index contributed by atoms with van der Waals surface area (Å²) in [7, 11) is 0. The molecule has 0 radical (unpaired) electrons. The Morgan fingerprint density at radius 3 is 2.73 bits per heavy atom. The molecular formula is C17H15N5. The van der Waals surface area contributed by atoms with Gasteiger partial charge in [-0.25, -0.2) is 9.97 Å². The van der Waals surface area contributed by atoms with Crippen molar-refractivity contribution in [3.63, 3.8) is 0 Å². The normalized spacial score (nSPS) is 11.1. The van der Waals surface area contributed by atoms with Crippen molar-refractivity contribution < 1.29 is 0 Å². The van der Waals surface area contributed by atoms with Gasteiger partial charge in [0.1, 0.15) is 11.6 Å². The Morgan fingerprint density at radius 2 is 1.91 bits per heavy atom. The molecule has 2 N–H and O–H groups in total. The van der Waals surface area contributed by atoms with Crippen molar-refractivity contribution in [1.82, 2.24) is 24.9 Å². The molecule has 5 nitrogen and oxygen atoms in total. The summed E-state index contributed by atoms with van der Waals surface area (Å²) in [5.74, 6) is 1.96. The second kappa shape index (κ2) is 5.44. The summed E-state index contributed by atoms with van der Waals surface area (Å²) in [6.45, 7) is 0. The summed E-state index contributed by atoms with van der Waals surface area (Å²) in [6, 6.07) is 10.3.